The van der Waals surface area contributed by atoms with Crippen LogP contribution in [0.2, 0.25) is 0 Å². The SMILES string of the molecule is O=S(=O)(Cl)c1c(C(F)(F)F)cc(OC(F)(F)F)nc1CCl. The topological polar surface area (TPSA) is 56.3 Å². The minimum Gasteiger partial charge on any atom is -0.388 e. The number of alkyl halides is 7. The van der Waals surface area contributed by atoms with Gasteiger partial charge in [0.25, 0.3) is 9.05 Å². The summed E-state index contributed by atoms with van der Waals surface area (Å²) in [5, 5.41) is 0. The summed E-state index contributed by atoms with van der Waals surface area (Å²) in [5.74, 6) is -2.44. The molecule has 4 nitrogen and oxygen atoms in total. The van der Waals surface area contributed by atoms with Crippen molar-refractivity contribution >= 4 is 31.3 Å². The second-order valence-corrected chi connectivity index (χ2v) is 6.17. The van der Waals surface area contributed by atoms with E-state index in [1.54, 1.807) is 0 Å². The molecule has 0 bridgehead atoms. The first kappa shape index (κ1) is 18.1. The van der Waals surface area contributed by atoms with Crippen LogP contribution in [0, 0.1) is 0 Å². The van der Waals surface area contributed by atoms with Crippen molar-refractivity contribution in [2.75, 3.05) is 0 Å². The van der Waals surface area contributed by atoms with Crippen LogP contribution < -0.4 is 4.74 Å². The lowest BCUT2D eigenvalue weighted by atomic mass is 10.2. The maximum absolute atomic E-state index is 12.8. The molecule has 0 fully saturated rings. The Morgan fingerprint density at radius 2 is 1.71 bits per heavy atom. The second-order valence-electron chi connectivity index (χ2n) is 3.40. The van der Waals surface area contributed by atoms with Crippen LogP contribution in [-0.2, 0) is 21.1 Å². The lowest BCUT2D eigenvalue weighted by molar-refractivity contribution is -0.276. The largest absolute Gasteiger partial charge is 0.574 e. The number of pyridine rings is 1. The fourth-order valence-electron chi connectivity index (χ4n) is 1.30. The Morgan fingerprint density at radius 3 is 2.05 bits per heavy atom. The van der Waals surface area contributed by atoms with E-state index in [1.807, 2.05) is 0 Å². The molecule has 0 amide bonds. The summed E-state index contributed by atoms with van der Waals surface area (Å²) in [6.45, 7) is 0. The lowest BCUT2D eigenvalue weighted by Crippen LogP contribution is -2.20. The predicted octanol–water partition coefficient (Wildman–Crippen LogP) is 3.67. The molecule has 120 valence electrons. The number of hydrogen-bond acceptors (Lipinski definition) is 4. The van der Waals surface area contributed by atoms with Gasteiger partial charge < -0.3 is 4.74 Å². The Kier molecular flexibility index (Phi) is 4.91. The van der Waals surface area contributed by atoms with Crippen molar-refractivity contribution in [1.82, 2.24) is 4.98 Å². The van der Waals surface area contributed by atoms with E-state index < -0.39 is 49.5 Å². The van der Waals surface area contributed by atoms with E-state index in [1.165, 1.54) is 0 Å². The Labute approximate surface area is 123 Å². The fraction of sp³-hybridized carbons (Fsp3) is 0.375. The van der Waals surface area contributed by atoms with Crippen molar-refractivity contribution in [2.45, 2.75) is 23.3 Å². The van der Waals surface area contributed by atoms with E-state index in [0.29, 0.717) is 0 Å². The number of rotatable bonds is 3. The van der Waals surface area contributed by atoms with Gasteiger partial charge in [-0.3, -0.25) is 0 Å². The molecule has 0 aliphatic heterocycles. The molecule has 0 saturated heterocycles. The minimum atomic E-state index is -5.32. The standard InChI is InChI=1S/C8H3Cl2F6NO3S/c9-2-4-6(21(10,18)19)3(7(11,12)13)1-5(17-4)20-8(14,15)16/h1H,2H2. The highest BCUT2D eigenvalue weighted by atomic mass is 35.7. The molecule has 0 aliphatic rings. The zero-order valence-corrected chi connectivity index (χ0v) is 11.7. The molecule has 0 radical (unpaired) electrons. The molecule has 1 heterocycles. The summed E-state index contributed by atoms with van der Waals surface area (Å²) < 4.78 is 100.0. The van der Waals surface area contributed by atoms with Crippen molar-refractivity contribution in [3.8, 4) is 5.88 Å². The Bertz CT molecular complexity index is 643. The van der Waals surface area contributed by atoms with Gasteiger partial charge in [0, 0.05) is 16.7 Å². The van der Waals surface area contributed by atoms with E-state index in [-0.39, 0.29) is 6.07 Å². The molecule has 0 aromatic carbocycles. The van der Waals surface area contributed by atoms with Crippen LogP contribution in [-0.4, -0.2) is 19.8 Å². The van der Waals surface area contributed by atoms with Crippen LogP contribution in [0.25, 0.3) is 0 Å². The molecule has 0 N–H and O–H groups in total. The molecule has 0 spiro atoms. The zero-order chi connectivity index (χ0) is 16.6. The highest BCUT2D eigenvalue weighted by Gasteiger charge is 2.41. The monoisotopic (exact) mass is 377 g/mol. The molecule has 0 saturated carbocycles. The molecule has 0 aliphatic carbocycles. The van der Waals surface area contributed by atoms with Crippen LogP contribution in [0.4, 0.5) is 26.3 Å². The summed E-state index contributed by atoms with van der Waals surface area (Å²) >= 11 is 5.21. The highest BCUT2D eigenvalue weighted by Crippen LogP contribution is 2.39. The van der Waals surface area contributed by atoms with Gasteiger partial charge in [0.1, 0.15) is 4.90 Å². The average molecular weight is 378 g/mol. The molecule has 21 heavy (non-hydrogen) atoms. The van der Waals surface area contributed by atoms with Crippen molar-refractivity contribution in [2.24, 2.45) is 0 Å². The van der Waals surface area contributed by atoms with Gasteiger partial charge in [-0.05, 0) is 0 Å². The molecule has 1 aromatic heterocycles. The summed E-state index contributed by atoms with van der Waals surface area (Å²) in [4.78, 5) is 1.47. The number of nitrogens with zero attached hydrogens (tertiary/aromatic N) is 1. The first-order valence-electron chi connectivity index (χ1n) is 4.63. The number of halogens is 8. The number of hydrogen-bond donors (Lipinski definition) is 0. The summed E-state index contributed by atoms with van der Waals surface area (Å²) in [5.41, 5.74) is -2.97. The predicted molar refractivity (Wildman–Crippen MR) is 58.5 cm³/mol. The highest BCUT2D eigenvalue weighted by molar-refractivity contribution is 8.13. The van der Waals surface area contributed by atoms with Crippen LogP contribution in [0.3, 0.4) is 0 Å². The van der Waals surface area contributed by atoms with Gasteiger partial charge in [0.05, 0.1) is 17.1 Å². The first-order valence-corrected chi connectivity index (χ1v) is 7.47. The molecule has 0 atom stereocenters. The molecule has 1 aromatic rings. The van der Waals surface area contributed by atoms with Gasteiger partial charge in [-0.25, -0.2) is 13.4 Å². The summed E-state index contributed by atoms with van der Waals surface area (Å²) in [6, 6.07) is -0.223. The first-order chi connectivity index (χ1) is 9.25. The van der Waals surface area contributed by atoms with Gasteiger partial charge in [0.15, 0.2) is 0 Å². The molecule has 0 unspecified atom stereocenters. The van der Waals surface area contributed by atoms with E-state index >= 15 is 0 Å². The molecular weight excluding hydrogens is 375 g/mol. The molecule has 1 rings (SSSR count). The lowest BCUT2D eigenvalue weighted by Gasteiger charge is -2.16. The van der Waals surface area contributed by atoms with Crippen LogP contribution in [0.1, 0.15) is 11.3 Å². The van der Waals surface area contributed by atoms with Crippen LogP contribution in [0.15, 0.2) is 11.0 Å². The molecule has 13 heteroatoms. The van der Waals surface area contributed by atoms with Crippen molar-refractivity contribution in [1.29, 1.82) is 0 Å². The van der Waals surface area contributed by atoms with Crippen LogP contribution >= 0.6 is 22.3 Å². The van der Waals surface area contributed by atoms with E-state index in [0.717, 1.165) is 0 Å². The van der Waals surface area contributed by atoms with Gasteiger partial charge in [-0.2, -0.15) is 13.2 Å². The fourth-order valence-corrected chi connectivity index (χ4v) is 2.93. The van der Waals surface area contributed by atoms with Gasteiger partial charge in [-0.1, -0.05) is 0 Å². The third-order valence-electron chi connectivity index (χ3n) is 1.92. The van der Waals surface area contributed by atoms with Gasteiger partial charge >= 0.3 is 12.5 Å². The number of aromatic nitrogens is 1. The average Bonchev–Trinajstić information content (AvgIpc) is 2.22. The Balaban J connectivity index is 3.67. The quantitative estimate of drug-likeness (QED) is 0.458. The zero-order valence-electron chi connectivity index (χ0n) is 9.39. The van der Waals surface area contributed by atoms with E-state index in [9.17, 15) is 34.8 Å². The van der Waals surface area contributed by atoms with Crippen molar-refractivity contribution in [3.05, 3.63) is 17.3 Å². The third-order valence-corrected chi connectivity index (χ3v) is 3.58. The summed E-state index contributed by atoms with van der Waals surface area (Å²) in [6.07, 6.45) is -10.6. The number of ether oxygens (including phenoxy) is 1. The third kappa shape index (κ3) is 4.78. The minimum absolute atomic E-state index is 0.223. The second kappa shape index (κ2) is 5.69. The van der Waals surface area contributed by atoms with E-state index in [2.05, 4.69) is 9.72 Å². The normalized spacial score (nSPS) is 13.3. The Hall–Kier alpha value is -0.940. The van der Waals surface area contributed by atoms with Crippen molar-refractivity contribution in [3.63, 3.8) is 0 Å². The Morgan fingerprint density at radius 1 is 1.19 bits per heavy atom. The van der Waals surface area contributed by atoms with Gasteiger partial charge in [-0.15, -0.1) is 24.8 Å². The maximum atomic E-state index is 12.8. The molecular formula is C8H3Cl2F6NO3S. The summed E-state index contributed by atoms with van der Waals surface area (Å²) in [7, 11) is -0.102. The van der Waals surface area contributed by atoms with Gasteiger partial charge in [0.2, 0.25) is 5.88 Å². The van der Waals surface area contributed by atoms with Crippen LogP contribution in [0.5, 0.6) is 5.88 Å². The van der Waals surface area contributed by atoms with E-state index in [4.69, 9.17) is 22.3 Å². The maximum Gasteiger partial charge on any atom is 0.574 e. The smallest absolute Gasteiger partial charge is 0.388 e. The van der Waals surface area contributed by atoms with Crippen molar-refractivity contribution < 1.29 is 39.5 Å².